The van der Waals surface area contributed by atoms with Gasteiger partial charge in [-0.25, -0.2) is 9.78 Å². The topological polar surface area (TPSA) is 87.5 Å². The number of piperazine rings is 1. The van der Waals surface area contributed by atoms with Gasteiger partial charge in [0.1, 0.15) is 11.8 Å². The summed E-state index contributed by atoms with van der Waals surface area (Å²) in [6, 6.07) is 13.7. The number of fused-ring (bicyclic) bond motifs is 1. The fraction of sp³-hybridized carbons (Fsp3) is 0.318. The van der Waals surface area contributed by atoms with E-state index in [0.717, 1.165) is 11.0 Å². The van der Waals surface area contributed by atoms with Crippen LogP contribution >= 0.6 is 0 Å². The number of nitrogens with zero attached hydrogens (tertiary/aromatic N) is 5. The van der Waals surface area contributed by atoms with Crippen molar-refractivity contribution in [2.24, 2.45) is 7.05 Å². The van der Waals surface area contributed by atoms with Gasteiger partial charge in [-0.15, -0.1) is 0 Å². The number of para-hydroxylation sites is 2. The van der Waals surface area contributed by atoms with Gasteiger partial charge in [0.15, 0.2) is 11.7 Å². The largest absolute Gasteiger partial charge is 0.450 e. The fourth-order valence-electron chi connectivity index (χ4n) is 3.59. The second-order valence-corrected chi connectivity index (χ2v) is 7.00. The van der Waals surface area contributed by atoms with Gasteiger partial charge in [0, 0.05) is 45.4 Å². The van der Waals surface area contributed by atoms with Gasteiger partial charge in [0.25, 0.3) is 0 Å². The van der Waals surface area contributed by atoms with E-state index < -0.39 is 0 Å². The average Bonchev–Trinajstić information content (AvgIpc) is 3.37. The summed E-state index contributed by atoms with van der Waals surface area (Å²) in [6.07, 6.45) is 1.43. The van der Waals surface area contributed by atoms with Crippen LogP contribution in [0.25, 0.3) is 22.7 Å². The smallest absolute Gasteiger partial charge is 0.409 e. The zero-order valence-corrected chi connectivity index (χ0v) is 17.0. The predicted molar refractivity (Wildman–Crippen MR) is 114 cm³/mol. The lowest BCUT2D eigenvalue weighted by molar-refractivity contribution is 0.104. The second-order valence-electron chi connectivity index (χ2n) is 7.00. The van der Waals surface area contributed by atoms with Gasteiger partial charge in [0.2, 0.25) is 0 Å². The van der Waals surface area contributed by atoms with Gasteiger partial charge in [-0.1, -0.05) is 12.1 Å². The van der Waals surface area contributed by atoms with Crippen molar-refractivity contribution in [1.29, 1.82) is 5.26 Å². The lowest BCUT2D eigenvalue weighted by Gasteiger charge is -2.33. The third kappa shape index (κ3) is 3.74. The summed E-state index contributed by atoms with van der Waals surface area (Å²) >= 11 is 0. The van der Waals surface area contributed by atoms with Crippen LogP contribution in [0.5, 0.6) is 0 Å². The molecule has 1 aromatic carbocycles. The highest BCUT2D eigenvalue weighted by Crippen LogP contribution is 2.25. The highest BCUT2D eigenvalue weighted by Gasteiger charge is 2.23. The molecule has 8 nitrogen and oxygen atoms in total. The molecule has 30 heavy (non-hydrogen) atoms. The fourth-order valence-corrected chi connectivity index (χ4v) is 3.59. The third-order valence-electron chi connectivity index (χ3n) is 5.17. The molecule has 0 unspecified atom stereocenters. The Kier molecular flexibility index (Phi) is 5.44. The Hall–Kier alpha value is -3.73. The van der Waals surface area contributed by atoms with Gasteiger partial charge in [-0.05, 0) is 25.1 Å². The summed E-state index contributed by atoms with van der Waals surface area (Å²) in [5.41, 5.74) is 2.24. The first kappa shape index (κ1) is 19.6. The SMILES string of the molecule is CCOC(=O)N1CCN(c2ccc(C=C(C#N)c3nc4ccccc4n3C)o2)CC1. The van der Waals surface area contributed by atoms with Crippen LogP contribution in [0.4, 0.5) is 10.7 Å². The van der Waals surface area contributed by atoms with E-state index in [-0.39, 0.29) is 6.09 Å². The minimum atomic E-state index is -0.277. The lowest BCUT2D eigenvalue weighted by Crippen LogP contribution is -2.48. The van der Waals surface area contributed by atoms with Gasteiger partial charge in [-0.2, -0.15) is 5.26 Å². The van der Waals surface area contributed by atoms with Crippen molar-refractivity contribution in [2.75, 3.05) is 37.7 Å². The zero-order valence-electron chi connectivity index (χ0n) is 17.0. The molecule has 4 rings (SSSR count). The number of imidazole rings is 1. The lowest BCUT2D eigenvalue weighted by atomic mass is 10.2. The van der Waals surface area contributed by atoms with Crippen molar-refractivity contribution < 1.29 is 13.9 Å². The molecule has 0 bridgehead atoms. The van der Waals surface area contributed by atoms with Crippen LogP contribution in [0, 0.1) is 11.3 Å². The molecule has 3 heterocycles. The number of hydrogen-bond acceptors (Lipinski definition) is 6. The summed E-state index contributed by atoms with van der Waals surface area (Å²) in [7, 11) is 1.90. The van der Waals surface area contributed by atoms with Crippen LogP contribution in [0.15, 0.2) is 40.8 Å². The molecule has 154 valence electrons. The number of benzene rings is 1. The van der Waals surface area contributed by atoms with Crippen LogP contribution in [-0.2, 0) is 11.8 Å². The van der Waals surface area contributed by atoms with Crippen LogP contribution in [0.2, 0.25) is 0 Å². The molecule has 0 spiro atoms. The van der Waals surface area contributed by atoms with E-state index in [4.69, 9.17) is 9.15 Å². The molecule has 0 atom stereocenters. The number of ether oxygens (including phenoxy) is 1. The molecule has 3 aromatic rings. The number of furan rings is 1. The third-order valence-corrected chi connectivity index (χ3v) is 5.17. The molecule has 0 N–H and O–H groups in total. The number of carbonyl (C=O) groups is 1. The van der Waals surface area contributed by atoms with Crippen LogP contribution in [-0.4, -0.2) is 53.3 Å². The molecule has 0 radical (unpaired) electrons. The number of amides is 1. The normalized spacial score (nSPS) is 14.8. The van der Waals surface area contributed by atoms with E-state index in [9.17, 15) is 10.1 Å². The first-order valence-corrected chi connectivity index (χ1v) is 9.91. The molecule has 1 aliphatic heterocycles. The van der Waals surface area contributed by atoms with E-state index in [1.54, 1.807) is 17.9 Å². The molecule has 0 aliphatic carbocycles. The Labute approximate surface area is 174 Å². The molecule has 2 aromatic heterocycles. The highest BCUT2D eigenvalue weighted by molar-refractivity contribution is 5.90. The molecule has 1 fully saturated rings. The summed E-state index contributed by atoms with van der Waals surface area (Å²) < 4.78 is 12.9. The van der Waals surface area contributed by atoms with Crippen molar-refractivity contribution in [2.45, 2.75) is 6.92 Å². The molecular weight excluding hydrogens is 382 g/mol. The summed E-state index contributed by atoms with van der Waals surface area (Å²) in [6.45, 7) is 4.65. The average molecular weight is 405 g/mol. The molecule has 1 aliphatic rings. The Balaban J connectivity index is 1.51. The quantitative estimate of drug-likeness (QED) is 0.617. The maximum Gasteiger partial charge on any atom is 0.409 e. The highest BCUT2D eigenvalue weighted by atomic mass is 16.6. The van der Waals surface area contributed by atoms with Gasteiger partial charge in [-0.3, -0.25) is 0 Å². The number of aromatic nitrogens is 2. The Morgan fingerprint density at radius 3 is 2.70 bits per heavy atom. The second kappa shape index (κ2) is 8.33. The molecule has 1 saturated heterocycles. The van der Waals surface area contributed by atoms with E-state index in [2.05, 4.69) is 16.0 Å². The standard InChI is InChI=1S/C22H23N5O3/c1-3-29-22(28)27-12-10-26(11-13-27)20-9-8-17(30-20)14-16(15-23)21-24-18-6-4-5-7-19(18)25(21)2/h4-9,14H,3,10-13H2,1-2H3. The molecule has 8 heteroatoms. The van der Waals surface area contributed by atoms with Gasteiger partial charge in [0.05, 0.1) is 23.2 Å². The maximum absolute atomic E-state index is 11.8. The predicted octanol–water partition coefficient (Wildman–Crippen LogP) is 3.51. The Morgan fingerprint density at radius 1 is 1.23 bits per heavy atom. The number of carbonyl (C=O) groups excluding carboxylic acids is 1. The minimum absolute atomic E-state index is 0.277. The Morgan fingerprint density at radius 2 is 2.00 bits per heavy atom. The van der Waals surface area contributed by atoms with Crippen LogP contribution in [0.3, 0.4) is 0 Å². The van der Waals surface area contributed by atoms with E-state index in [0.29, 0.717) is 55.8 Å². The number of aryl methyl sites for hydroxylation is 1. The minimum Gasteiger partial charge on any atom is -0.450 e. The van der Waals surface area contributed by atoms with Gasteiger partial charge < -0.3 is 23.5 Å². The number of nitriles is 1. The first-order valence-electron chi connectivity index (χ1n) is 9.91. The van der Waals surface area contributed by atoms with Crippen molar-refractivity contribution in [1.82, 2.24) is 14.5 Å². The zero-order chi connectivity index (χ0) is 21.1. The van der Waals surface area contributed by atoms with Crippen molar-refractivity contribution in [3.05, 3.63) is 48.0 Å². The summed E-state index contributed by atoms with van der Waals surface area (Å²) in [4.78, 5) is 20.2. The number of anilines is 1. The van der Waals surface area contributed by atoms with Crippen LogP contribution < -0.4 is 4.90 Å². The van der Waals surface area contributed by atoms with E-state index >= 15 is 0 Å². The van der Waals surface area contributed by atoms with Crippen molar-refractivity contribution in [3.63, 3.8) is 0 Å². The maximum atomic E-state index is 11.8. The number of allylic oxidation sites excluding steroid dienone is 1. The number of hydrogen-bond donors (Lipinski definition) is 0. The van der Waals surface area contributed by atoms with Crippen molar-refractivity contribution >= 4 is 34.7 Å². The number of rotatable bonds is 4. The molecule has 1 amide bonds. The summed E-state index contributed by atoms with van der Waals surface area (Å²) in [5.74, 6) is 1.90. The van der Waals surface area contributed by atoms with E-state index in [1.165, 1.54) is 0 Å². The van der Waals surface area contributed by atoms with Crippen molar-refractivity contribution in [3.8, 4) is 6.07 Å². The van der Waals surface area contributed by atoms with Gasteiger partial charge >= 0.3 is 6.09 Å². The van der Waals surface area contributed by atoms with E-state index in [1.807, 2.05) is 48.0 Å². The Bertz CT molecular complexity index is 1130. The monoisotopic (exact) mass is 405 g/mol. The molecular formula is C22H23N5O3. The summed E-state index contributed by atoms with van der Waals surface area (Å²) in [5, 5.41) is 9.70. The van der Waals surface area contributed by atoms with Crippen LogP contribution in [0.1, 0.15) is 18.5 Å². The molecule has 0 saturated carbocycles. The first-order chi connectivity index (χ1) is 14.6.